The van der Waals surface area contributed by atoms with E-state index >= 15 is 0 Å². The first kappa shape index (κ1) is 10.4. The van der Waals surface area contributed by atoms with E-state index in [1.807, 2.05) is 0 Å². The molecule has 0 radical (unpaired) electrons. The van der Waals surface area contributed by atoms with Crippen molar-refractivity contribution in [2.24, 2.45) is 17.6 Å². The molecule has 1 heterocycles. The van der Waals surface area contributed by atoms with Crippen molar-refractivity contribution in [2.45, 2.75) is 51.6 Å². The van der Waals surface area contributed by atoms with Gasteiger partial charge in [-0.1, -0.05) is 13.8 Å². The minimum absolute atomic E-state index is 0.800. The first-order valence-electron chi connectivity index (χ1n) is 6.23. The molecule has 2 rings (SSSR count). The summed E-state index contributed by atoms with van der Waals surface area (Å²) in [6.45, 7) is 6.95. The molecule has 14 heavy (non-hydrogen) atoms. The maximum Gasteiger partial charge on any atom is 0.0139 e. The summed E-state index contributed by atoms with van der Waals surface area (Å²) in [5.74, 6) is 1.70. The fourth-order valence-corrected chi connectivity index (χ4v) is 3.35. The molecule has 82 valence electrons. The van der Waals surface area contributed by atoms with E-state index in [4.69, 9.17) is 5.73 Å². The minimum Gasteiger partial charge on any atom is -0.330 e. The van der Waals surface area contributed by atoms with Gasteiger partial charge in [-0.2, -0.15) is 0 Å². The number of nitrogens with two attached hydrogens (primary N) is 1. The summed E-state index contributed by atoms with van der Waals surface area (Å²) in [7, 11) is 0. The third-order valence-electron chi connectivity index (χ3n) is 4.45. The number of hydrogen-bond acceptors (Lipinski definition) is 2. The van der Waals surface area contributed by atoms with Crippen molar-refractivity contribution in [1.82, 2.24) is 4.90 Å². The van der Waals surface area contributed by atoms with Gasteiger partial charge in [0.1, 0.15) is 0 Å². The molecule has 1 saturated carbocycles. The highest BCUT2D eigenvalue weighted by Gasteiger charge is 2.41. The molecule has 2 aliphatic rings. The van der Waals surface area contributed by atoms with Gasteiger partial charge >= 0.3 is 0 Å². The van der Waals surface area contributed by atoms with Crippen LogP contribution in [0.1, 0.15) is 39.5 Å². The van der Waals surface area contributed by atoms with Crippen LogP contribution in [-0.2, 0) is 0 Å². The average Bonchev–Trinajstić information content (AvgIpc) is 2.46. The van der Waals surface area contributed by atoms with Gasteiger partial charge in [0, 0.05) is 12.1 Å². The van der Waals surface area contributed by atoms with Gasteiger partial charge in [-0.05, 0) is 50.6 Å². The van der Waals surface area contributed by atoms with Crippen molar-refractivity contribution in [3.8, 4) is 0 Å². The lowest BCUT2D eigenvalue weighted by Crippen LogP contribution is -2.52. The van der Waals surface area contributed by atoms with Crippen LogP contribution in [0.5, 0.6) is 0 Å². The third kappa shape index (κ3) is 1.59. The highest BCUT2D eigenvalue weighted by Crippen LogP contribution is 2.38. The Hall–Kier alpha value is -0.0800. The fourth-order valence-electron chi connectivity index (χ4n) is 3.35. The van der Waals surface area contributed by atoms with Crippen LogP contribution in [0.15, 0.2) is 0 Å². The van der Waals surface area contributed by atoms with Crippen molar-refractivity contribution < 1.29 is 0 Å². The number of nitrogens with zero attached hydrogens (tertiary/aromatic N) is 1. The van der Waals surface area contributed by atoms with E-state index < -0.39 is 0 Å². The van der Waals surface area contributed by atoms with E-state index in [0.29, 0.717) is 0 Å². The minimum atomic E-state index is 0.800. The summed E-state index contributed by atoms with van der Waals surface area (Å²) in [6.07, 6.45) is 5.47. The number of hydrogen-bond donors (Lipinski definition) is 1. The fraction of sp³-hybridized carbons (Fsp3) is 1.00. The Bertz CT molecular complexity index is 191. The van der Waals surface area contributed by atoms with E-state index in [1.54, 1.807) is 0 Å². The van der Waals surface area contributed by atoms with Crippen LogP contribution in [-0.4, -0.2) is 30.1 Å². The van der Waals surface area contributed by atoms with Crippen LogP contribution in [0, 0.1) is 11.8 Å². The van der Waals surface area contributed by atoms with E-state index in [9.17, 15) is 0 Å². The zero-order valence-corrected chi connectivity index (χ0v) is 9.58. The maximum absolute atomic E-state index is 5.79. The topological polar surface area (TPSA) is 29.3 Å². The molecule has 2 fully saturated rings. The van der Waals surface area contributed by atoms with Crippen LogP contribution in [0.3, 0.4) is 0 Å². The second kappa shape index (κ2) is 4.19. The zero-order valence-electron chi connectivity index (χ0n) is 9.58. The van der Waals surface area contributed by atoms with Gasteiger partial charge in [0.2, 0.25) is 0 Å². The third-order valence-corrected chi connectivity index (χ3v) is 4.45. The quantitative estimate of drug-likeness (QED) is 0.746. The molecule has 0 amide bonds. The molecule has 2 heteroatoms. The van der Waals surface area contributed by atoms with Crippen LogP contribution in [0.4, 0.5) is 0 Å². The predicted octanol–water partition coefficient (Wildman–Crippen LogP) is 1.84. The second-order valence-corrected chi connectivity index (χ2v) is 5.12. The van der Waals surface area contributed by atoms with E-state index in [2.05, 4.69) is 18.7 Å². The highest BCUT2D eigenvalue weighted by molar-refractivity contribution is 4.96. The summed E-state index contributed by atoms with van der Waals surface area (Å²) in [4.78, 5) is 2.76. The summed E-state index contributed by atoms with van der Waals surface area (Å²) >= 11 is 0. The Morgan fingerprint density at radius 3 is 2.57 bits per heavy atom. The van der Waals surface area contributed by atoms with Crippen molar-refractivity contribution in [1.29, 1.82) is 0 Å². The lowest BCUT2D eigenvalue weighted by atomic mass is 9.78. The molecule has 1 aliphatic heterocycles. The molecule has 2 N–H and O–H groups in total. The Kier molecular flexibility index (Phi) is 3.13. The van der Waals surface area contributed by atoms with Gasteiger partial charge in [0.25, 0.3) is 0 Å². The lowest BCUT2D eigenvalue weighted by Gasteiger charge is -2.45. The molecule has 0 aromatic carbocycles. The van der Waals surface area contributed by atoms with Gasteiger partial charge in [-0.3, -0.25) is 4.90 Å². The smallest absolute Gasteiger partial charge is 0.0139 e. The molecule has 4 atom stereocenters. The molecule has 0 spiro atoms. The number of likely N-dealkylation sites (tertiary alicyclic amines) is 1. The van der Waals surface area contributed by atoms with E-state index in [-0.39, 0.29) is 0 Å². The largest absolute Gasteiger partial charge is 0.330 e. The number of rotatable bonds is 3. The Labute approximate surface area is 87.8 Å². The monoisotopic (exact) mass is 196 g/mol. The lowest BCUT2D eigenvalue weighted by molar-refractivity contribution is 0.0482. The van der Waals surface area contributed by atoms with Crippen molar-refractivity contribution in [2.75, 3.05) is 13.1 Å². The molecule has 0 bridgehead atoms. The summed E-state index contributed by atoms with van der Waals surface area (Å²) < 4.78 is 0. The van der Waals surface area contributed by atoms with Gasteiger partial charge < -0.3 is 5.73 Å². The molecule has 4 unspecified atom stereocenters. The van der Waals surface area contributed by atoms with Crippen molar-refractivity contribution >= 4 is 0 Å². The zero-order chi connectivity index (χ0) is 10.1. The summed E-state index contributed by atoms with van der Waals surface area (Å²) in [6, 6.07) is 1.67. The molecular formula is C12H24N2. The molecule has 1 aliphatic carbocycles. The molecule has 2 nitrogen and oxygen atoms in total. The summed E-state index contributed by atoms with van der Waals surface area (Å²) in [5, 5.41) is 0. The SMILES string of the molecule is CCC1C(C)CCN1C1CCC1CN. The second-order valence-electron chi connectivity index (χ2n) is 5.12. The van der Waals surface area contributed by atoms with E-state index in [1.165, 1.54) is 32.2 Å². The van der Waals surface area contributed by atoms with Gasteiger partial charge in [-0.25, -0.2) is 0 Å². The van der Waals surface area contributed by atoms with Crippen LogP contribution >= 0.6 is 0 Å². The van der Waals surface area contributed by atoms with Crippen LogP contribution in [0.25, 0.3) is 0 Å². The molecular weight excluding hydrogens is 172 g/mol. The van der Waals surface area contributed by atoms with E-state index in [0.717, 1.165) is 30.5 Å². The van der Waals surface area contributed by atoms with Crippen molar-refractivity contribution in [3.05, 3.63) is 0 Å². The Balaban J connectivity index is 1.97. The summed E-state index contributed by atoms with van der Waals surface area (Å²) in [5.41, 5.74) is 5.79. The maximum atomic E-state index is 5.79. The van der Waals surface area contributed by atoms with Gasteiger partial charge in [0.15, 0.2) is 0 Å². The van der Waals surface area contributed by atoms with Crippen LogP contribution in [0.2, 0.25) is 0 Å². The normalized spacial score (nSPS) is 43.9. The predicted molar refractivity (Wildman–Crippen MR) is 60.1 cm³/mol. The standard InChI is InChI=1S/C12H24N2/c1-3-11-9(2)6-7-14(11)12-5-4-10(12)8-13/h9-12H,3-8,13H2,1-2H3. The highest BCUT2D eigenvalue weighted by atomic mass is 15.2. The van der Waals surface area contributed by atoms with Crippen molar-refractivity contribution in [3.63, 3.8) is 0 Å². The first-order valence-corrected chi connectivity index (χ1v) is 6.23. The average molecular weight is 196 g/mol. The Morgan fingerprint density at radius 2 is 2.07 bits per heavy atom. The van der Waals surface area contributed by atoms with Gasteiger partial charge in [-0.15, -0.1) is 0 Å². The molecule has 0 aromatic rings. The molecule has 0 aromatic heterocycles. The Morgan fingerprint density at radius 1 is 1.29 bits per heavy atom. The van der Waals surface area contributed by atoms with Gasteiger partial charge in [0.05, 0.1) is 0 Å². The van der Waals surface area contributed by atoms with Crippen LogP contribution < -0.4 is 5.73 Å². The first-order chi connectivity index (χ1) is 6.77. The molecule has 1 saturated heterocycles.